The van der Waals surface area contributed by atoms with Crippen LogP contribution in [0.25, 0.3) is 0 Å². The molecule has 0 fully saturated rings. The van der Waals surface area contributed by atoms with Gasteiger partial charge in [-0.1, -0.05) is 37.3 Å². The van der Waals surface area contributed by atoms with E-state index in [1.54, 1.807) is 0 Å². The maximum Gasteiger partial charge on any atom is 0.0914 e. The van der Waals surface area contributed by atoms with Crippen molar-refractivity contribution in [2.45, 2.75) is 32.4 Å². The molecular formula is C15H26N2O. The topological polar surface area (TPSA) is 48.9 Å². The minimum absolute atomic E-state index is 0.143. The van der Waals surface area contributed by atoms with Crippen LogP contribution in [0, 0.1) is 13.0 Å². The number of aliphatic hydroxyl groups is 1. The van der Waals surface area contributed by atoms with Gasteiger partial charge < -0.3 is 15.7 Å². The molecule has 3 nitrogen and oxygen atoms in total. The summed E-state index contributed by atoms with van der Waals surface area (Å²) >= 11 is 0. The lowest BCUT2D eigenvalue weighted by molar-refractivity contribution is -0.648. The largest absolute Gasteiger partial charge is 0.472 e. The number of rotatable bonds is 7. The van der Waals surface area contributed by atoms with Crippen LogP contribution < -0.4 is 10.6 Å². The smallest absolute Gasteiger partial charge is 0.0914 e. The molecule has 0 radical (unpaired) electrons. The molecule has 0 aliphatic carbocycles. The van der Waals surface area contributed by atoms with Gasteiger partial charge in [-0.15, -0.1) is 0 Å². The number of quaternary nitrogens is 1. The Morgan fingerprint density at radius 1 is 1.33 bits per heavy atom. The van der Waals surface area contributed by atoms with Crippen LogP contribution in [0.3, 0.4) is 0 Å². The summed E-state index contributed by atoms with van der Waals surface area (Å²) < 4.78 is 0. The van der Waals surface area contributed by atoms with Gasteiger partial charge in [-0.2, -0.15) is 7.05 Å². The number of hydrogen-bond acceptors (Lipinski definition) is 2. The van der Waals surface area contributed by atoms with E-state index < -0.39 is 0 Å². The molecule has 0 bridgehead atoms. The average Bonchev–Trinajstić information content (AvgIpc) is 2.39. The molecule has 18 heavy (non-hydrogen) atoms. The molecule has 0 unspecified atom stereocenters. The van der Waals surface area contributed by atoms with Crippen molar-refractivity contribution in [1.29, 1.82) is 0 Å². The second-order valence-electron chi connectivity index (χ2n) is 5.57. The van der Waals surface area contributed by atoms with E-state index in [-0.39, 0.29) is 12.1 Å². The van der Waals surface area contributed by atoms with E-state index in [2.05, 4.69) is 43.6 Å². The van der Waals surface area contributed by atoms with Gasteiger partial charge in [0.05, 0.1) is 12.6 Å². The summed E-state index contributed by atoms with van der Waals surface area (Å²) in [5.74, 6) is 0.440. The Labute approximate surface area is 111 Å². The molecule has 102 valence electrons. The molecule has 0 aromatic heterocycles. The molecule has 3 heteroatoms. The lowest BCUT2D eigenvalue weighted by atomic mass is 9.93. The third kappa shape index (κ3) is 4.41. The Kier molecular flexibility index (Phi) is 5.79. The van der Waals surface area contributed by atoms with Crippen LogP contribution in [-0.4, -0.2) is 23.8 Å². The maximum absolute atomic E-state index is 9.24. The summed E-state index contributed by atoms with van der Waals surface area (Å²) in [6.07, 6.45) is 0. The monoisotopic (exact) mass is 250 g/mol. The third-order valence-corrected chi connectivity index (χ3v) is 3.35. The van der Waals surface area contributed by atoms with Crippen LogP contribution in [0.15, 0.2) is 30.3 Å². The van der Waals surface area contributed by atoms with Crippen LogP contribution in [-0.2, 0) is 0 Å². The van der Waals surface area contributed by atoms with Crippen molar-refractivity contribution in [3.8, 4) is 0 Å². The van der Waals surface area contributed by atoms with E-state index >= 15 is 0 Å². The maximum atomic E-state index is 9.24. The molecule has 2 atom stereocenters. The second-order valence-corrected chi connectivity index (χ2v) is 5.57. The zero-order valence-electron chi connectivity index (χ0n) is 11.7. The Morgan fingerprint density at radius 2 is 1.94 bits per heavy atom. The fraction of sp³-hybridized carbons (Fsp3) is 0.533. The summed E-state index contributed by atoms with van der Waals surface area (Å²) in [5.41, 5.74) is 1.07. The van der Waals surface area contributed by atoms with Gasteiger partial charge >= 0.3 is 0 Å². The SMILES string of the molecule is [CH2-][NH2+][C@@H](c1ccccc1)[C@@H](C)CNC(C)(C)CO. The second kappa shape index (κ2) is 6.88. The van der Waals surface area contributed by atoms with Crippen molar-refractivity contribution >= 4 is 0 Å². The molecular weight excluding hydrogens is 224 g/mol. The lowest BCUT2D eigenvalue weighted by Crippen LogP contribution is -2.80. The fourth-order valence-corrected chi connectivity index (χ4v) is 1.99. The Balaban J connectivity index is 2.61. The van der Waals surface area contributed by atoms with E-state index in [0.29, 0.717) is 12.0 Å². The van der Waals surface area contributed by atoms with Gasteiger partial charge in [0.2, 0.25) is 0 Å². The van der Waals surface area contributed by atoms with Crippen LogP contribution in [0.1, 0.15) is 32.4 Å². The minimum Gasteiger partial charge on any atom is -0.472 e. The summed E-state index contributed by atoms with van der Waals surface area (Å²) in [5, 5.41) is 14.6. The van der Waals surface area contributed by atoms with Crippen molar-refractivity contribution in [3.05, 3.63) is 42.9 Å². The van der Waals surface area contributed by atoms with Gasteiger partial charge in [0.15, 0.2) is 0 Å². The first-order chi connectivity index (χ1) is 8.50. The highest BCUT2D eigenvalue weighted by Gasteiger charge is 2.22. The van der Waals surface area contributed by atoms with E-state index in [1.165, 1.54) is 5.56 Å². The molecule has 0 spiro atoms. The first kappa shape index (κ1) is 15.2. The van der Waals surface area contributed by atoms with Crippen molar-refractivity contribution in [2.75, 3.05) is 13.2 Å². The average molecular weight is 250 g/mol. The molecule has 0 amide bonds. The first-order valence-electron chi connectivity index (χ1n) is 6.53. The molecule has 1 rings (SSSR count). The zero-order chi connectivity index (χ0) is 13.6. The number of nitrogens with two attached hydrogens (primary N) is 1. The summed E-state index contributed by atoms with van der Waals surface area (Å²) in [4.78, 5) is 0. The van der Waals surface area contributed by atoms with E-state index in [4.69, 9.17) is 0 Å². The fourth-order valence-electron chi connectivity index (χ4n) is 1.99. The number of hydrogen-bond donors (Lipinski definition) is 3. The molecule has 4 N–H and O–H groups in total. The van der Waals surface area contributed by atoms with E-state index in [0.717, 1.165) is 6.54 Å². The molecule has 0 heterocycles. The highest BCUT2D eigenvalue weighted by molar-refractivity contribution is 5.17. The van der Waals surface area contributed by atoms with Gasteiger partial charge in [-0.25, -0.2) is 0 Å². The highest BCUT2D eigenvalue weighted by Crippen LogP contribution is 2.17. The first-order valence-corrected chi connectivity index (χ1v) is 6.53. The summed E-state index contributed by atoms with van der Waals surface area (Å²) in [7, 11) is 3.95. The van der Waals surface area contributed by atoms with Crippen LogP contribution in [0.2, 0.25) is 0 Å². The number of aliphatic hydroxyl groups excluding tert-OH is 1. The van der Waals surface area contributed by atoms with Gasteiger partial charge in [-0.05, 0) is 13.8 Å². The highest BCUT2D eigenvalue weighted by atomic mass is 16.3. The van der Waals surface area contributed by atoms with Crippen molar-refractivity contribution in [2.24, 2.45) is 5.92 Å². The number of nitrogens with one attached hydrogen (secondary N) is 1. The quantitative estimate of drug-likeness (QED) is 0.634. The predicted molar refractivity (Wildman–Crippen MR) is 74.8 cm³/mol. The molecule has 0 saturated carbocycles. The van der Waals surface area contributed by atoms with Crippen molar-refractivity contribution in [1.82, 2.24) is 5.32 Å². The molecule has 0 aliphatic heterocycles. The zero-order valence-corrected chi connectivity index (χ0v) is 11.7. The third-order valence-electron chi connectivity index (χ3n) is 3.35. The van der Waals surface area contributed by atoms with Crippen LogP contribution >= 0.6 is 0 Å². The predicted octanol–water partition coefficient (Wildman–Crippen LogP) is 1.08. The molecule has 0 saturated heterocycles. The Bertz CT molecular complexity index is 338. The number of benzene rings is 1. The van der Waals surface area contributed by atoms with Crippen molar-refractivity contribution in [3.63, 3.8) is 0 Å². The summed E-state index contributed by atoms with van der Waals surface area (Å²) in [6, 6.07) is 10.8. The van der Waals surface area contributed by atoms with Gasteiger partial charge in [0, 0.05) is 23.6 Å². The van der Waals surface area contributed by atoms with Crippen molar-refractivity contribution < 1.29 is 10.4 Å². The normalized spacial score (nSPS) is 15.4. The van der Waals surface area contributed by atoms with Gasteiger partial charge in [-0.3, -0.25) is 0 Å². The summed E-state index contributed by atoms with van der Waals surface area (Å²) in [6.45, 7) is 7.22. The van der Waals surface area contributed by atoms with E-state index in [9.17, 15) is 5.11 Å². The van der Waals surface area contributed by atoms with Crippen LogP contribution in [0.5, 0.6) is 0 Å². The molecule has 1 aromatic carbocycles. The molecule has 1 aromatic rings. The Morgan fingerprint density at radius 3 is 2.44 bits per heavy atom. The standard InChI is InChI=1S/C15H26N2O/c1-12(10-17-15(2,3)11-18)14(16-4)13-8-6-5-7-9-13/h5-9,12,14,17-18H,4,10-11,16H2,1-3H3/t12-,14+/m0/s1. The Hall–Kier alpha value is -0.900. The van der Waals surface area contributed by atoms with E-state index in [1.807, 2.05) is 25.2 Å². The lowest BCUT2D eigenvalue weighted by Gasteiger charge is -2.29. The van der Waals surface area contributed by atoms with Gasteiger partial charge in [0.25, 0.3) is 0 Å². The molecule has 0 aliphatic rings. The van der Waals surface area contributed by atoms with Gasteiger partial charge in [0.1, 0.15) is 0 Å². The van der Waals surface area contributed by atoms with Crippen LogP contribution in [0.4, 0.5) is 0 Å². The minimum atomic E-state index is -0.226.